The molecule has 3 rings (SSSR count). The third kappa shape index (κ3) is 3.98. The Kier molecular flexibility index (Phi) is 5.24. The second kappa shape index (κ2) is 7.45. The van der Waals surface area contributed by atoms with Gasteiger partial charge in [0.1, 0.15) is 23.2 Å². The number of carboxylic acid groups (broad SMARTS) is 2. The van der Waals surface area contributed by atoms with E-state index in [-0.39, 0.29) is 30.2 Å². The third-order valence-electron chi connectivity index (χ3n) is 4.49. The fourth-order valence-corrected chi connectivity index (χ4v) is 3.10. The van der Waals surface area contributed by atoms with Crippen LogP contribution >= 0.6 is 0 Å². The number of likely N-dealkylation sites (tertiary alicyclic amines) is 1. The number of nitrogens with zero attached hydrogens (tertiary/aromatic N) is 1. The number of aromatic carboxylic acids is 1. The molecule has 144 valence electrons. The number of benzene rings is 1. The van der Waals surface area contributed by atoms with Gasteiger partial charge in [0.15, 0.2) is 0 Å². The van der Waals surface area contributed by atoms with E-state index < -0.39 is 43.5 Å². The molecule has 1 saturated heterocycles. The van der Waals surface area contributed by atoms with Crippen LogP contribution in [0.1, 0.15) is 22.3 Å². The number of nitrogens with two attached hydrogens (primary N) is 1. The van der Waals surface area contributed by atoms with Crippen molar-refractivity contribution in [1.82, 2.24) is 4.90 Å². The quantitative estimate of drug-likeness (QED) is 0.464. The number of rotatable bonds is 6. The fraction of sp³-hybridized carbons (Fsp3) is 0.438. The molecule has 1 amide bonds. The third-order valence-corrected chi connectivity index (χ3v) is 4.49. The number of carbonyl (C=O) groups excluding carboxylic acids is 1. The number of amides is 1. The Morgan fingerprint density at radius 2 is 2.04 bits per heavy atom. The molecular weight excluding hydrogens is 359 g/mol. The van der Waals surface area contributed by atoms with Gasteiger partial charge < -0.3 is 35.3 Å². The predicted octanol–water partition coefficient (Wildman–Crippen LogP) is -0.808. The van der Waals surface area contributed by atoms with E-state index in [4.69, 9.17) is 20.2 Å². The first kappa shape index (κ1) is 19.0. The molecule has 2 aliphatic heterocycles. The van der Waals surface area contributed by atoms with Crippen molar-refractivity contribution < 1.29 is 39.0 Å². The van der Waals surface area contributed by atoms with Gasteiger partial charge in [0.25, 0.3) is 0 Å². The number of carboxylic acids is 2. The van der Waals surface area contributed by atoms with E-state index in [9.17, 15) is 24.5 Å². The zero-order valence-electron chi connectivity index (χ0n) is 14.3. The van der Waals surface area contributed by atoms with Crippen LogP contribution in [0.5, 0.6) is 11.5 Å². The smallest absolute Gasteiger partial charge is 0.522 e. The predicted molar refractivity (Wildman–Crippen MR) is 91.7 cm³/mol. The first-order chi connectivity index (χ1) is 12.8. The molecule has 0 spiro atoms. The summed E-state index contributed by atoms with van der Waals surface area (Å²) in [6, 6.07) is 2.09. The second-order valence-electron chi connectivity index (χ2n) is 6.53. The summed E-state index contributed by atoms with van der Waals surface area (Å²) in [6.45, 7) is 0.345. The van der Waals surface area contributed by atoms with Gasteiger partial charge in [-0.3, -0.25) is 9.59 Å². The van der Waals surface area contributed by atoms with Crippen molar-refractivity contribution in [3.63, 3.8) is 0 Å². The van der Waals surface area contributed by atoms with E-state index >= 15 is 0 Å². The molecule has 0 aliphatic carbocycles. The molecule has 5 N–H and O–H groups in total. The molecule has 0 radical (unpaired) electrons. The molecule has 11 heteroatoms. The van der Waals surface area contributed by atoms with Crippen LogP contribution < -0.4 is 15.1 Å². The number of aryl methyl sites for hydroxylation is 1. The zero-order chi connectivity index (χ0) is 19.7. The van der Waals surface area contributed by atoms with E-state index in [0.717, 1.165) is 0 Å². The Morgan fingerprint density at radius 1 is 1.33 bits per heavy atom. The Balaban J connectivity index is 1.67. The van der Waals surface area contributed by atoms with Crippen LogP contribution in [0, 0.1) is 0 Å². The molecule has 0 saturated carbocycles. The van der Waals surface area contributed by atoms with E-state index in [0.29, 0.717) is 18.3 Å². The molecule has 1 atom stereocenters. The van der Waals surface area contributed by atoms with Crippen molar-refractivity contribution in [1.29, 1.82) is 0 Å². The first-order valence-corrected chi connectivity index (χ1v) is 8.43. The van der Waals surface area contributed by atoms with Gasteiger partial charge in [0.2, 0.25) is 5.91 Å². The molecule has 2 aliphatic rings. The minimum absolute atomic E-state index is 0.0854. The van der Waals surface area contributed by atoms with Gasteiger partial charge in [-0.2, -0.15) is 0 Å². The van der Waals surface area contributed by atoms with Gasteiger partial charge in [-0.15, -0.1) is 0 Å². The molecule has 0 bridgehead atoms. The van der Waals surface area contributed by atoms with Crippen molar-refractivity contribution in [2.24, 2.45) is 5.73 Å². The van der Waals surface area contributed by atoms with Gasteiger partial charge in [-0.25, -0.2) is 4.79 Å². The number of carbonyl (C=O) groups is 3. The van der Waals surface area contributed by atoms with Crippen LogP contribution in [0.2, 0.25) is 6.32 Å². The molecule has 1 aromatic rings. The molecule has 0 unspecified atom stereocenters. The van der Waals surface area contributed by atoms with Crippen LogP contribution in [0.3, 0.4) is 0 Å². The van der Waals surface area contributed by atoms with Crippen molar-refractivity contribution in [3.05, 3.63) is 23.3 Å². The summed E-state index contributed by atoms with van der Waals surface area (Å²) in [4.78, 5) is 35.7. The van der Waals surface area contributed by atoms with Gasteiger partial charge >= 0.3 is 19.1 Å². The maximum Gasteiger partial charge on any atom is 0.522 e. The van der Waals surface area contributed by atoms with Crippen LogP contribution in [-0.4, -0.2) is 70.3 Å². The highest BCUT2D eigenvalue weighted by Crippen LogP contribution is 2.37. The Bertz CT molecular complexity index is 780. The molecule has 1 aromatic carbocycles. The number of hydrogen-bond donors (Lipinski definition) is 4. The van der Waals surface area contributed by atoms with Crippen LogP contribution in [-0.2, 0) is 16.0 Å². The lowest BCUT2D eigenvalue weighted by Crippen LogP contribution is -2.60. The highest BCUT2D eigenvalue weighted by molar-refractivity contribution is 6.44. The maximum absolute atomic E-state index is 12.0. The van der Waals surface area contributed by atoms with Gasteiger partial charge in [-0.1, -0.05) is 6.07 Å². The lowest BCUT2D eigenvalue weighted by molar-refractivity contribution is -0.146. The van der Waals surface area contributed by atoms with Crippen LogP contribution in [0.4, 0.5) is 0 Å². The topological polar surface area (TPSA) is 160 Å². The number of hydrogen-bond acceptors (Lipinski definition) is 7. The Morgan fingerprint density at radius 3 is 2.67 bits per heavy atom. The van der Waals surface area contributed by atoms with Crippen molar-refractivity contribution in [2.75, 3.05) is 13.1 Å². The largest absolute Gasteiger partial charge is 0.535 e. The summed E-state index contributed by atoms with van der Waals surface area (Å²) in [6.07, 6.45) is -0.0444. The lowest BCUT2D eigenvalue weighted by Gasteiger charge is -2.40. The van der Waals surface area contributed by atoms with E-state index in [2.05, 4.69) is 0 Å². The second-order valence-corrected chi connectivity index (χ2v) is 6.53. The average Bonchev–Trinajstić information content (AvgIpc) is 2.55. The van der Waals surface area contributed by atoms with Crippen molar-refractivity contribution >= 4 is 25.0 Å². The number of ether oxygens (including phenoxy) is 1. The number of aliphatic carboxylic acids is 1. The normalized spacial score (nSPS) is 17.4. The van der Waals surface area contributed by atoms with Gasteiger partial charge in [0.05, 0.1) is 25.6 Å². The Labute approximate surface area is 154 Å². The summed E-state index contributed by atoms with van der Waals surface area (Å²) in [5.41, 5.74) is 6.06. The van der Waals surface area contributed by atoms with E-state index in [1.165, 1.54) is 11.0 Å². The summed E-state index contributed by atoms with van der Waals surface area (Å²) < 4.78 is 11.0. The molecule has 0 aromatic heterocycles. The SMILES string of the molecule is N[C@H](CC(=O)O)C(=O)N1CC(Oc2ccc3c(c2C(=O)O)OB(O)CC3)C1. The summed E-state index contributed by atoms with van der Waals surface area (Å²) in [5, 5.41) is 27.9. The maximum atomic E-state index is 12.0. The zero-order valence-corrected chi connectivity index (χ0v) is 14.3. The first-order valence-electron chi connectivity index (χ1n) is 8.43. The van der Waals surface area contributed by atoms with E-state index in [1.54, 1.807) is 6.07 Å². The minimum Gasteiger partial charge on any atom is -0.535 e. The van der Waals surface area contributed by atoms with Crippen LogP contribution in [0.25, 0.3) is 0 Å². The average molecular weight is 378 g/mol. The standard InChI is InChI=1S/C16H19BN2O8/c18-10(5-12(20)21)15(22)19-6-9(7-19)26-11-2-1-8-3-4-17(25)27-14(8)13(11)16(23)24/h1-2,9-10,25H,3-7,18H2,(H,20,21)(H,23,24)/t10-/m1/s1. The summed E-state index contributed by atoms with van der Waals surface area (Å²) >= 11 is 0. The molecule has 2 heterocycles. The summed E-state index contributed by atoms with van der Waals surface area (Å²) in [7, 11) is -1.07. The van der Waals surface area contributed by atoms with E-state index in [1.807, 2.05) is 0 Å². The number of fused-ring (bicyclic) bond motifs is 1. The molecule has 1 fully saturated rings. The van der Waals surface area contributed by atoms with Gasteiger partial charge in [0, 0.05) is 0 Å². The highest BCUT2D eigenvalue weighted by Gasteiger charge is 2.37. The fourth-order valence-electron chi connectivity index (χ4n) is 3.10. The molecule has 10 nitrogen and oxygen atoms in total. The van der Waals surface area contributed by atoms with Crippen molar-refractivity contribution in [2.45, 2.75) is 31.3 Å². The van der Waals surface area contributed by atoms with Crippen LogP contribution in [0.15, 0.2) is 12.1 Å². The molecular formula is C16H19BN2O8. The highest BCUT2D eigenvalue weighted by atomic mass is 16.5. The summed E-state index contributed by atoms with van der Waals surface area (Å²) in [5.74, 6) is -2.72. The minimum atomic E-state index is -1.24. The monoisotopic (exact) mass is 378 g/mol. The van der Waals surface area contributed by atoms with Crippen molar-refractivity contribution in [3.8, 4) is 11.5 Å². The Hall–Kier alpha value is -2.79. The molecule has 27 heavy (non-hydrogen) atoms. The van der Waals surface area contributed by atoms with Gasteiger partial charge in [-0.05, 0) is 24.4 Å². The lowest BCUT2D eigenvalue weighted by atomic mass is 9.78.